The molecule has 1 saturated heterocycles. The molecule has 150 valence electrons. The van der Waals surface area contributed by atoms with E-state index in [1.54, 1.807) is 6.07 Å². The van der Waals surface area contributed by atoms with Crippen LogP contribution in [0.3, 0.4) is 0 Å². The second-order valence-corrected chi connectivity index (χ2v) is 8.38. The Morgan fingerprint density at radius 3 is 2.36 bits per heavy atom. The molecule has 1 fully saturated rings. The van der Waals surface area contributed by atoms with Gasteiger partial charge in [-0.3, -0.25) is 4.79 Å². The van der Waals surface area contributed by atoms with E-state index < -0.39 is 38.3 Å². The molecule has 0 aromatic heterocycles. The van der Waals surface area contributed by atoms with Crippen molar-refractivity contribution in [3.8, 4) is 0 Å². The third-order valence-corrected chi connectivity index (χ3v) is 6.21. The summed E-state index contributed by atoms with van der Waals surface area (Å²) in [6, 6.07) is 8.02. The van der Waals surface area contributed by atoms with Gasteiger partial charge in [-0.25, -0.2) is 26.3 Å². The molecule has 3 rings (SSSR count). The van der Waals surface area contributed by atoms with Gasteiger partial charge in [0.05, 0.1) is 5.56 Å². The minimum Gasteiger partial charge on any atom is -0.339 e. The van der Waals surface area contributed by atoms with E-state index in [1.165, 1.54) is 23.1 Å². The van der Waals surface area contributed by atoms with Crippen molar-refractivity contribution < 1.29 is 26.4 Å². The van der Waals surface area contributed by atoms with Crippen molar-refractivity contribution in [1.29, 1.82) is 0 Å². The Morgan fingerprint density at radius 2 is 1.71 bits per heavy atom. The van der Waals surface area contributed by atoms with Crippen molar-refractivity contribution in [3.63, 3.8) is 0 Å². The van der Waals surface area contributed by atoms with Crippen LogP contribution in [0.2, 0.25) is 0 Å². The molecular weight excluding hydrogens is 393 g/mol. The molecule has 2 aromatic rings. The Balaban J connectivity index is 1.56. The van der Waals surface area contributed by atoms with Crippen molar-refractivity contribution in [1.82, 2.24) is 9.62 Å². The number of halogens is 3. The van der Waals surface area contributed by atoms with Crippen molar-refractivity contribution in [2.45, 2.75) is 17.7 Å². The summed E-state index contributed by atoms with van der Waals surface area (Å²) in [7, 11) is -4.11. The van der Waals surface area contributed by atoms with Crippen molar-refractivity contribution in [2.75, 3.05) is 19.6 Å². The van der Waals surface area contributed by atoms with Crippen molar-refractivity contribution >= 4 is 15.9 Å². The second-order valence-electron chi connectivity index (χ2n) is 6.64. The van der Waals surface area contributed by atoms with Crippen LogP contribution in [0.4, 0.5) is 13.2 Å². The summed E-state index contributed by atoms with van der Waals surface area (Å²) in [5.41, 5.74) is 0.00781. The molecule has 0 spiro atoms. The van der Waals surface area contributed by atoms with Crippen LogP contribution in [0, 0.1) is 23.4 Å². The molecule has 0 atom stereocenters. The van der Waals surface area contributed by atoms with Gasteiger partial charge in [-0.05, 0) is 43.0 Å². The number of nitrogens with zero attached hydrogens (tertiary/aromatic N) is 1. The maximum atomic E-state index is 13.8. The summed E-state index contributed by atoms with van der Waals surface area (Å²) in [5.74, 6) is -3.04. The first-order valence-corrected chi connectivity index (χ1v) is 10.2. The molecule has 0 unspecified atom stereocenters. The number of nitrogens with one attached hydrogen (secondary N) is 1. The normalized spacial score (nSPS) is 15.6. The Hall–Kier alpha value is -2.39. The highest BCUT2D eigenvalue weighted by atomic mass is 32.2. The first-order chi connectivity index (χ1) is 13.3. The van der Waals surface area contributed by atoms with Crippen LogP contribution in [0.5, 0.6) is 0 Å². The molecule has 1 N–H and O–H groups in total. The molecule has 9 heteroatoms. The first-order valence-electron chi connectivity index (χ1n) is 8.76. The van der Waals surface area contributed by atoms with Gasteiger partial charge in [-0.1, -0.05) is 12.1 Å². The van der Waals surface area contributed by atoms with Crippen LogP contribution in [0.1, 0.15) is 23.2 Å². The largest absolute Gasteiger partial charge is 0.339 e. The van der Waals surface area contributed by atoms with Crippen LogP contribution in [0.25, 0.3) is 0 Å². The van der Waals surface area contributed by atoms with Crippen LogP contribution in [-0.4, -0.2) is 38.9 Å². The smallest absolute Gasteiger partial charge is 0.256 e. The predicted molar refractivity (Wildman–Crippen MR) is 96.6 cm³/mol. The van der Waals surface area contributed by atoms with Crippen LogP contribution < -0.4 is 4.72 Å². The number of amides is 1. The zero-order chi connectivity index (χ0) is 20.3. The quantitative estimate of drug-likeness (QED) is 0.821. The number of benzene rings is 2. The van der Waals surface area contributed by atoms with E-state index in [1.807, 2.05) is 0 Å². The SMILES string of the molecule is O=C(c1ccccc1F)N1CCC(CNS(=O)(=O)c2ccc(F)cc2F)CC1. The number of rotatable bonds is 5. The number of piperidine rings is 1. The zero-order valence-electron chi connectivity index (χ0n) is 14.9. The summed E-state index contributed by atoms with van der Waals surface area (Å²) in [6.45, 7) is 0.801. The molecule has 0 radical (unpaired) electrons. The minimum absolute atomic E-state index is 0.00781. The molecule has 1 amide bonds. The standard InChI is InChI=1S/C19H19F3N2O3S/c20-14-5-6-18(17(22)11-14)28(26,27)23-12-13-7-9-24(10-8-13)19(25)15-3-1-2-4-16(15)21/h1-6,11,13,23H,7-10,12H2. The number of hydrogen-bond acceptors (Lipinski definition) is 3. The summed E-state index contributed by atoms with van der Waals surface area (Å²) in [6.07, 6.45) is 1.04. The van der Waals surface area contributed by atoms with Gasteiger partial charge in [0.1, 0.15) is 22.3 Å². The fraction of sp³-hybridized carbons (Fsp3) is 0.316. The fourth-order valence-electron chi connectivity index (χ4n) is 3.14. The molecule has 2 aromatic carbocycles. The highest BCUT2D eigenvalue weighted by Gasteiger charge is 2.27. The van der Waals surface area contributed by atoms with E-state index in [0.29, 0.717) is 32.0 Å². The molecule has 0 aliphatic carbocycles. The van der Waals surface area contributed by atoms with Crippen molar-refractivity contribution in [3.05, 3.63) is 65.5 Å². The highest BCUT2D eigenvalue weighted by Crippen LogP contribution is 2.21. The average molecular weight is 412 g/mol. The molecule has 0 saturated carbocycles. The lowest BCUT2D eigenvalue weighted by Crippen LogP contribution is -2.41. The van der Waals surface area contributed by atoms with Crippen molar-refractivity contribution in [2.24, 2.45) is 5.92 Å². The van der Waals surface area contributed by atoms with Gasteiger partial charge in [-0.15, -0.1) is 0 Å². The fourth-order valence-corrected chi connectivity index (χ4v) is 4.32. The van der Waals surface area contributed by atoms with Crippen LogP contribution in [-0.2, 0) is 10.0 Å². The third kappa shape index (κ3) is 4.53. The first kappa shape index (κ1) is 20.3. The number of hydrogen-bond donors (Lipinski definition) is 1. The van der Waals surface area contributed by atoms with Gasteiger partial charge in [-0.2, -0.15) is 0 Å². The van der Waals surface area contributed by atoms with Crippen LogP contribution in [0.15, 0.2) is 47.4 Å². The van der Waals surface area contributed by atoms with E-state index >= 15 is 0 Å². The van der Waals surface area contributed by atoms with E-state index in [2.05, 4.69) is 4.72 Å². The maximum Gasteiger partial charge on any atom is 0.256 e. The van der Waals surface area contributed by atoms with E-state index in [-0.39, 0.29) is 18.0 Å². The van der Waals surface area contributed by atoms with Gasteiger partial charge >= 0.3 is 0 Å². The highest BCUT2D eigenvalue weighted by molar-refractivity contribution is 7.89. The van der Waals surface area contributed by atoms with Gasteiger partial charge in [0.15, 0.2) is 0 Å². The molecule has 28 heavy (non-hydrogen) atoms. The summed E-state index contributed by atoms with van der Waals surface area (Å²) < 4.78 is 67.2. The molecular formula is C19H19F3N2O3S. The molecule has 5 nitrogen and oxygen atoms in total. The van der Waals surface area contributed by atoms with E-state index in [4.69, 9.17) is 0 Å². The topological polar surface area (TPSA) is 66.5 Å². The minimum atomic E-state index is -4.11. The number of sulfonamides is 1. The van der Waals surface area contributed by atoms with Gasteiger partial charge in [0.2, 0.25) is 10.0 Å². The van der Waals surface area contributed by atoms with E-state index in [9.17, 15) is 26.4 Å². The zero-order valence-corrected chi connectivity index (χ0v) is 15.7. The Kier molecular flexibility index (Phi) is 6.04. The Labute approximate surface area is 161 Å². The van der Waals surface area contributed by atoms with Gasteiger partial charge < -0.3 is 4.90 Å². The number of carbonyl (C=O) groups is 1. The Morgan fingerprint density at radius 1 is 1.04 bits per heavy atom. The van der Waals surface area contributed by atoms with Gasteiger partial charge in [0.25, 0.3) is 5.91 Å². The summed E-state index contributed by atoms with van der Waals surface area (Å²) in [5, 5.41) is 0. The third-order valence-electron chi connectivity index (χ3n) is 4.75. The predicted octanol–water partition coefficient (Wildman–Crippen LogP) is 2.93. The molecule has 0 bridgehead atoms. The number of carbonyl (C=O) groups excluding carboxylic acids is 1. The average Bonchev–Trinajstić information content (AvgIpc) is 2.66. The van der Waals surface area contributed by atoms with E-state index in [0.717, 1.165) is 12.1 Å². The second kappa shape index (κ2) is 8.32. The lowest BCUT2D eigenvalue weighted by molar-refractivity contribution is 0.0687. The maximum absolute atomic E-state index is 13.8. The molecule has 1 aliphatic rings. The molecule has 1 heterocycles. The van der Waals surface area contributed by atoms with Crippen LogP contribution >= 0.6 is 0 Å². The molecule has 1 aliphatic heterocycles. The number of likely N-dealkylation sites (tertiary alicyclic amines) is 1. The lowest BCUT2D eigenvalue weighted by Gasteiger charge is -2.32. The van der Waals surface area contributed by atoms with Gasteiger partial charge in [0, 0.05) is 25.7 Å². The summed E-state index contributed by atoms with van der Waals surface area (Å²) in [4.78, 5) is 13.3. The lowest BCUT2D eigenvalue weighted by atomic mass is 9.96. The monoisotopic (exact) mass is 412 g/mol. The Bertz CT molecular complexity index is 974. The summed E-state index contributed by atoms with van der Waals surface area (Å²) >= 11 is 0.